The van der Waals surface area contributed by atoms with E-state index >= 15 is 0 Å². The summed E-state index contributed by atoms with van der Waals surface area (Å²) < 4.78 is 0.155. The van der Waals surface area contributed by atoms with E-state index in [1.54, 1.807) is 6.92 Å². The second kappa shape index (κ2) is 9.76. The summed E-state index contributed by atoms with van der Waals surface area (Å²) in [5.74, 6) is 1.13. The van der Waals surface area contributed by atoms with E-state index in [1.807, 2.05) is 16.7 Å². The van der Waals surface area contributed by atoms with Gasteiger partial charge >= 0.3 is 0 Å². The molecule has 5 nitrogen and oxygen atoms in total. The molecule has 21 heavy (non-hydrogen) atoms. The fraction of sp³-hybridized carbons (Fsp3) is 0.857. The van der Waals surface area contributed by atoms with Crippen LogP contribution in [0, 0.1) is 0 Å². The van der Waals surface area contributed by atoms with E-state index < -0.39 is 0 Å². The summed E-state index contributed by atoms with van der Waals surface area (Å²) in [5, 5.41) is 3.36. The maximum Gasteiger partial charge on any atom is 0.219 e. The minimum atomic E-state index is 0. The average molecular weight is 428 g/mol. The molecule has 0 spiro atoms. The van der Waals surface area contributed by atoms with E-state index in [-0.39, 0.29) is 34.6 Å². The van der Waals surface area contributed by atoms with Gasteiger partial charge in [-0.05, 0) is 27.0 Å². The summed E-state index contributed by atoms with van der Waals surface area (Å²) in [6.45, 7) is 13.1. The summed E-state index contributed by atoms with van der Waals surface area (Å²) >= 11 is 1.83. The van der Waals surface area contributed by atoms with Crippen LogP contribution in [-0.4, -0.2) is 71.9 Å². The molecule has 0 radical (unpaired) electrons. The third-order valence-electron chi connectivity index (χ3n) is 3.52. The Morgan fingerprint density at radius 1 is 1.24 bits per heavy atom. The van der Waals surface area contributed by atoms with Gasteiger partial charge in [0.2, 0.25) is 5.91 Å². The van der Waals surface area contributed by atoms with Gasteiger partial charge in [-0.1, -0.05) is 0 Å². The zero-order valence-corrected chi connectivity index (χ0v) is 17.0. The number of rotatable bonds is 4. The molecule has 0 aromatic rings. The van der Waals surface area contributed by atoms with Crippen LogP contribution < -0.4 is 5.32 Å². The Labute approximate surface area is 150 Å². The molecule has 0 aromatic carbocycles. The zero-order valence-electron chi connectivity index (χ0n) is 13.8. The molecule has 1 saturated heterocycles. The maximum atomic E-state index is 11.4. The van der Waals surface area contributed by atoms with Crippen molar-refractivity contribution in [1.29, 1.82) is 0 Å². The average Bonchev–Trinajstić information content (AvgIpc) is 2.43. The molecule has 0 bridgehead atoms. The molecule has 1 amide bonds. The minimum absolute atomic E-state index is 0. The molecule has 1 aliphatic heterocycles. The zero-order chi connectivity index (χ0) is 15.2. The fourth-order valence-corrected chi connectivity index (χ4v) is 2.18. The van der Waals surface area contributed by atoms with Crippen LogP contribution in [0.1, 0.15) is 27.7 Å². The second-order valence-electron chi connectivity index (χ2n) is 5.63. The molecule has 0 saturated carbocycles. The van der Waals surface area contributed by atoms with Crippen molar-refractivity contribution in [3.8, 4) is 0 Å². The third kappa shape index (κ3) is 7.08. The van der Waals surface area contributed by atoms with Crippen molar-refractivity contribution in [2.45, 2.75) is 32.4 Å². The molecule has 124 valence electrons. The molecular weight excluding hydrogens is 399 g/mol. The lowest BCUT2D eigenvalue weighted by Gasteiger charge is -2.36. The van der Waals surface area contributed by atoms with Crippen LogP contribution in [0.5, 0.6) is 0 Å². The van der Waals surface area contributed by atoms with Gasteiger partial charge in [0, 0.05) is 44.4 Å². The van der Waals surface area contributed by atoms with Gasteiger partial charge in [0.1, 0.15) is 0 Å². The number of amides is 1. The van der Waals surface area contributed by atoms with Crippen LogP contribution in [-0.2, 0) is 4.79 Å². The lowest BCUT2D eigenvalue weighted by Crippen LogP contribution is -2.53. The smallest absolute Gasteiger partial charge is 0.219 e. The van der Waals surface area contributed by atoms with E-state index in [0.717, 1.165) is 45.2 Å². The van der Waals surface area contributed by atoms with Gasteiger partial charge in [0.25, 0.3) is 0 Å². The molecule has 1 N–H and O–H groups in total. The molecule has 0 unspecified atom stereocenters. The molecular formula is C14H29IN4OS. The van der Waals surface area contributed by atoms with E-state index in [4.69, 9.17) is 4.99 Å². The number of piperazine rings is 1. The summed E-state index contributed by atoms with van der Waals surface area (Å²) in [4.78, 5) is 20.3. The van der Waals surface area contributed by atoms with Gasteiger partial charge in [0.15, 0.2) is 5.96 Å². The highest BCUT2D eigenvalue weighted by Gasteiger charge is 2.22. The number of nitrogens with one attached hydrogen (secondary N) is 1. The molecule has 1 aliphatic rings. The number of halogens is 1. The van der Waals surface area contributed by atoms with Crippen molar-refractivity contribution in [2.75, 3.05) is 45.5 Å². The van der Waals surface area contributed by atoms with Crippen LogP contribution in [0.15, 0.2) is 4.99 Å². The van der Waals surface area contributed by atoms with Gasteiger partial charge in [-0.15, -0.1) is 24.0 Å². The highest BCUT2D eigenvalue weighted by atomic mass is 127. The van der Waals surface area contributed by atoms with Crippen molar-refractivity contribution < 1.29 is 4.79 Å². The Morgan fingerprint density at radius 2 is 1.76 bits per heavy atom. The summed E-state index contributed by atoms with van der Waals surface area (Å²) in [6.07, 6.45) is 2.12. The Bertz CT molecular complexity index is 355. The lowest BCUT2D eigenvalue weighted by atomic mass is 10.2. The monoisotopic (exact) mass is 428 g/mol. The lowest BCUT2D eigenvalue weighted by molar-refractivity contribution is -0.130. The van der Waals surface area contributed by atoms with Crippen molar-refractivity contribution in [3.63, 3.8) is 0 Å². The number of guanidine groups is 1. The maximum absolute atomic E-state index is 11.4. The van der Waals surface area contributed by atoms with Gasteiger partial charge in [-0.3, -0.25) is 9.79 Å². The molecule has 1 rings (SSSR count). The number of hydrogen-bond acceptors (Lipinski definition) is 3. The summed E-state index contributed by atoms with van der Waals surface area (Å²) in [6, 6.07) is 0. The van der Waals surface area contributed by atoms with Crippen LogP contribution >= 0.6 is 35.7 Å². The topological polar surface area (TPSA) is 47.9 Å². The molecule has 0 aliphatic carbocycles. The van der Waals surface area contributed by atoms with Crippen LogP contribution in [0.2, 0.25) is 0 Å². The normalized spacial score (nSPS) is 16.5. The Morgan fingerprint density at radius 3 is 2.19 bits per heavy atom. The van der Waals surface area contributed by atoms with Crippen LogP contribution in [0.3, 0.4) is 0 Å². The van der Waals surface area contributed by atoms with E-state index in [0.29, 0.717) is 0 Å². The second-order valence-corrected chi connectivity index (χ2v) is 7.14. The SMILES string of the molecule is CCNC(=NCC(C)(C)SC)N1CCN(C(C)=O)CC1.I. The number of nitrogens with zero attached hydrogens (tertiary/aromatic N) is 3. The standard InChI is InChI=1S/C14H28N4OS.HI/c1-6-15-13(16-11-14(3,4)20-5)18-9-7-17(8-10-18)12(2)19;/h6-11H2,1-5H3,(H,15,16);1H. The quantitative estimate of drug-likeness (QED) is 0.422. The predicted molar refractivity (Wildman–Crippen MR) is 103 cm³/mol. The molecule has 0 atom stereocenters. The van der Waals surface area contributed by atoms with Crippen LogP contribution in [0.25, 0.3) is 0 Å². The first-order valence-electron chi connectivity index (χ1n) is 7.23. The first-order valence-corrected chi connectivity index (χ1v) is 8.46. The van der Waals surface area contributed by atoms with Crippen molar-refractivity contribution in [2.24, 2.45) is 4.99 Å². The van der Waals surface area contributed by atoms with Gasteiger partial charge in [-0.2, -0.15) is 11.8 Å². The van der Waals surface area contributed by atoms with Gasteiger partial charge in [0.05, 0.1) is 6.54 Å². The highest BCUT2D eigenvalue weighted by molar-refractivity contribution is 14.0. The Kier molecular flexibility index (Phi) is 9.68. The highest BCUT2D eigenvalue weighted by Crippen LogP contribution is 2.21. The van der Waals surface area contributed by atoms with Gasteiger partial charge in [-0.25, -0.2) is 0 Å². The van der Waals surface area contributed by atoms with Crippen molar-refractivity contribution in [1.82, 2.24) is 15.1 Å². The number of carbonyl (C=O) groups is 1. The molecule has 7 heteroatoms. The number of carbonyl (C=O) groups excluding carboxylic acids is 1. The first kappa shape index (κ1) is 20.8. The largest absolute Gasteiger partial charge is 0.357 e. The number of hydrogen-bond donors (Lipinski definition) is 1. The fourth-order valence-electron chi connectivity index (χ4n) is 1.99. The van der Waals surface area contributed by atoms with E-state index in [1.165, 1.54) is 0 Å². The summed E-state index contributed by atoms with van der Waals surface area (Å²) in [7, 11) is 0. The van der Waals surface area contributed by atoms with Crippen molar-refractivity contribution in [3.05, 3.63) is 0 Å². The molecule has 1 fully saturated rings. The first-order chi connectivity index (χ1) is 9.39. The molecule has 0 aromatic heterocycles. The van der Waals surface area contributed by atoms with E-state index in [9.17, 15) is 4.79 Å². The number of aliphatic imine (C=N–C) groups is 1. The number of thioether (sulfide) groups is 1. The predicted octanol–water partition coefficient (Wildman–Crippen LogP) is 1.88. The summed E-state index contributed by atoms with van der Waals surface area (Å²) in [5.41, 5.74) is 0. The van der Waals surface area contributed by atoms with Gasteiger partial charge < -0.3 is 15.1 Å². The Hall–Kier alpha value is -0.180. The van der Waals surface area contributed by atoms with E-state index in [2.05, 4.69) is 37.2 Å². The molecule has 1 heterocycles. The Balaban J connectivity index is 0.00000400. The van der Waals surface area contributed by atoms with Crippen molar-refractivity contribution >= 4 is 47.6 Å². The van der Waals surface area contributed by atoms with Crippen LogP contribution in [0.4, 0.5) is 0 Å². The third-order valence-corrected chi connectivity index (χ3v) is 4.76. The minimum Gasteiger partial charge on any atom is -0.357 e.